The molecule has 3 nitrogen and oxygen atoms in total. The van der Waals surface area contributed by atoms with Crippen molar-refractivity contribution in [3.05, 3.63) is 71.8 Å². The Morgan fingerprint density at radius 3 is 1.65 bits per heavy atom. The van der Waals surface area contributed by atoms with Crippen LogP contribution in [0.25, 0.3) is 12.2 Å². The fourth-order valence-corrected chi connectivity index (χ4v) is 1.67. The molecule has 3 heteroatoms. The smallest absolute Gasteiger partial charge is 0.178 e. The van der Waals surface area contributed by atoms with E-state index in [0.717, 1.165) is 11.1 Å². The summed E-state index contributed by atoms with van der Waals surface area (Å²) in [6.45, 7) is 0. The molecule has 0 unspecified atom stereocenters. The van der Waals surface area contributed by atoms with E-state index in [1.807, 2.05) is 0 Å². The van der Waals surface area contributed by atoms with Gasteiger partial charge in [-0.3, -0.25) is 4.79 Å². The molecule has 100 valence electrons. The molecule has 2 aromatic carbocycles. The van der Waals surface area contributed by atoms with E-state index < -0.39 is 0 Å². The SMILES string of the molecule is O=C(/C=C\c1cccc(O)c1)/C=C/c1cccc(O)c1. The van der Waals surface area contributed by atoms with Crippen LogP contribution in [0.3, 0.4) is 0 Å². The minimum Gasteiger partial charge on any atom is -0.508 e. The first-order valence-electron chi connectivity index (χ1n) is 6.12. The van der Waals surface area contributed by atoms with Crippen molar-refractivity contribution in [2.24, 2.45) is 0 Å². The molecule has 0 fully saturated rings. The van der Waals surface area contributed by atoms with Crippen molar-refractivity contribution in [2.45, 2.75) is 0 Å². The molecule has 0 aliphatic rings. The predicted molar refractivity (Wildman–Crippen MR) is 79.3 cm³/mol. The summed E-state index contributed by atoms with van der Waals surface area (Å²) in [6.07, 6.45) is 6.12. The lowest BCUT2D eigenvalue weighted by atomic mass is 10.1. The van der Waals surface area contributed by atoms with Gasteiger partial charge in [0.25, 0.3) is 0 Å². The number of carbonyl (C=O) groups excluding carboxylic acids is 1. The fourth-order valence-electron chi connectivity index (χ4n) is 1.67. The lowest BCUT2D eigenvalue weighted by Crippen LogP contribution is -1.84. The van der Waals surface area contributed by atoms with Gasteiger partial charge in [-0.25, -0.2) is 0 Å². The van der Waals surface area contributed by atoms with Crippen molar-refractivity contribution < 1.29 is 15.0 Å². The molecule has 0 atom stereocenters. The highest BCUT2D eigenvalue weighted by Crippen LogP contribution is 2.13. The zero-order valence-electron chi connectivity index (χ0n) is 10.7. The normalized spacial score (nSPS) is 11.2. The third-order valence-electron chi connectivity index (χ3n) is 2.62. The first-order chi connectivity index (χ1) is 9.63. The summed E-state index contributed by atoms with van der Waals surface area (Å²) in [5, 5.41) is 18.6. The maximum absolute atomic E-state index is 11.7. The average Bonchev–Trinajstić information content (AvgIpc) is 2.43. The zero-order chi connectivity index (χ0) is 14.4. The molecule has 2 N–H and O–H groups in total. The summed E-state index contributed by atoms with van der Waals surface area (Å²) < 4.78 is 0. The number of rotatable bonds is 4. The van der Waals surface area contributed by atoms with E-state index in [1.54, 1.807) is 60.7 Å². The van der Waals surface area contributed by atoms with Crippen LogP contribution in [0.4, 0.5) is 0 Å². The molecule has 0 aliphatic carbocycles. The molecule has 0 heterocycles. The number of hydrogen-bond donors (Lipinski definition) is 2. The number of aromatic hydroxyl groups is 2. The second-order valence-electron chi connectivity index (χ2n) is 4.26. The maximum Gasteiger partial charge on any atom is 0.178 e. The van der Waals surface area contributed by atoms with Gasteiger partial charge in [0, 0.05) is 0 Å². The van der Waals surface area contributed by atoms with Crippen LogP contribution >= 0.6 is 0 Å². The maximum atomic E-state index is 11.7. The Bertz CT molecular complexity index is 612. The summed E-state index contributed by atoms with van der Waals surface area (Å²) in [5.74, 6) is 0.154. The minimum atomic E-state index is -0.170. The number of phenols is 2. The Morgan fingerprint density at radius 1 is 0.800 bits per heavy atom. The zero-order valence-corrected chi connectivity index (χ0v) is 10.7. The van der Waals surface area contributed by atoms with Gasteiger partial charge in [0.05, 0.1) is 0 Å². The molecule has 20 heavy (non-hydrogen) atoms. The van der Waals surface area contributed by atoms with Gasteiger partial charge in [0.1, 0.15) is 11.5 Å². The Morgan fingerprint density at radius 2 is 1.25 bits per heavy atom. The summed E-state index contributed by atoms with van der Waals surface area (Å²) in [6, 6.07) is 13.3. The van der Waals surface area contributed by atoms with Crippen molar-refractivity contribution >= 4 is 17.9 Å². The van der Waals surface area contributed by atoms with Crippen LogP contribution < -0.4 is 0 Å². The number of allylic oxidation sites excluding steroid dienone is 2. The Hall–Kier alpha value is -2.81. The van der Waals surface area contributed by atoms with E-state index in [9.17, 15) is 15.0 Å². The molecule has 2 rings (SSSR count). The molecule has 0 saturated carbocycles. The number of hydrogen-bond acceptors (Lipinski definition) is 3. The molecule has 0 aliphatic heterocycles. The van der Waals surface area contributed by atoms with Gasteiger partial charge in [0.2, 0.25) is 0 Å². The molecule has 0 aromatic heterocycles. The van der Waals surface area contributed by atoms with Gasteiger partial charge in [-0.2, -0.15) is 0 Å². The number of carbonyl (C=O) groups is 1. The van der Waals surface area contributed by atoms with Gasteiger partial charge < -0.3 is 10.2 Å². The third-order valence-corrected chi connectivity index (χ3v) is 2.62. The van der Waals surface area contributed by atoms with Crippen LogP contribution in [0, 0.1) is 0 Å². The van der Waals surface area contributed by atoms with E-state index in [4.69, 9.17) is 0 Å². The quantitative estimate of drug-likeness (QED) is 0.834. The molecule has 2 aromatic rings. The first-order valence-corrected chi connectivity index (χ1v) is 6.12. The highest BCUT2D eigenvalue weighted by molar-refractivity contribution is 6.04. The summed E-state index contributed by atoms with van der Waals surface area (Å²) >= 11 is 0. The van der Waals surface area contributed by atoms with Gasteiger partial charge >= 0.3 is 0 Å². The van der Waals surface area contributed by atoms with Crippen LogP contribution in [0.15, 0.2) is 60.7 Å². The van der Waals surface area contributed by atoms with E-state index in [-0.39, 0.29) is 17.3 Å². The largest absolute Gasteiger partial charge is 0.508 e. The average molecular weight is 266 g/mol. The summed E-state index contributed by atoms with van der Waals surface area (Å²) in [7, 11) is 0. The monoisotopic (exact) mass is 266 g/mol. The van der Waals surface area contributed by atoms with Crippen molar-refractivity contribution in [1.29, 1.82) is 0 Å². The molecular formula is C17H14O3. The standard InChI is InChI=1S/C17H14O3/c18-15(9-7-13-3-1-5-16(19)11-13)10-8-14-4-2-6-17(20)12-14/h1-12,19-20H/b9-7-,10-8+. The Labute approximate surface area is 117 Å². The summed E-state index contributed by atoms with van der Waals surface area (Å²) in [4.78, 5) is 11.7. The van der Waals surface area contributed by atoms with Gasteiger partial charge in [-0.1, -0.05) is 36.4 Å². The van der Waals surface area contributed by atoms with E-state index in [0.29, 0.717) is 0 Å². The first kappa shape index (κ1) is 13.6. The number of benzene rings is 2. The molecule has 0 amide bonds. The molecule has 0 radical (unpaired) electrons. The Balaban J connectivity index is 2.02. The molecule has 0 spiro atoms. The van der Waals surface area contributed by atoms with Crippen molar-refractivity contribution in [2.75, 3.05) is 0 Å². The highest BCUT2D eigenvalue weighted by Gasteiger charge is 1.93. The predicted octanol–water partition coefficient (Wildman–Crippen LogP) is 3.39. The minimum absolute atomic E-state index is 0.162. The van der Waals surface area contributed by atoms with Crippen molar-refractivity contribution in [3.63, 3.8) is 0 Å². The second kappa shape index (κ2) is 6.38. The summed E-state index contributed by atoms with van der Waals surface area (Å²) in [5.41, 5.74) is 1.51. The lowest BCUT2D eigenvalue weighted by Gasteiger charge is -1.94. The van der Waals surface area contributed by atoms with Crippen LogP contribution in [0.5, 0.6) is 11.5 Å². The van der Waals surface area contributed by atoms with Crippen LogP contribution in [-0.2, 0) is 4.79 Å². The second-order valence-corrected chi connectivity index (χ2v) is 4.26. The van der Waals surface area contributed by atoms with Crippen LogP contribution in [-0.4, -0.2) is 16.0 Å². The number of ketones is 1. The molecular weight excluding hydrogens is 252 g/mol. The van der Waals surface area contributed by atoms with Crippen LogP contribution in [0.1, 0.15) is 11.1 Å². The van der Waals surface area contributed by atoms with Gasteiger partial charge in [0.15, 0.2) is 5.78 Å². The highest BCUT2D eigenvalue weighted by atomic mass is 16.3. The van der Waals surface area contributed by atoms with Crippen molar-refractivity contribution in [1.82, 2.24) is 0 Å². The fraction of sp³-hybridized carbons (Fsp3) is 0. The molecule has 0 saturated heterocycles. The lowest BCUT2D eigenvalue weighted by molar-refractivity contribution is -0.110. The Kier molecular flexibility index (Phi) is 4.35. The number of phenolic OH excluding ortho intramolecular Hbond substituents is 2. The van der Waals surface area contributed by atoms with Crippen molar-refractivity contribution in [3.8, 4) is 11.5 Å². The topological polar surface area (TPSA) is 57.5 Å². The van der Waals surface area contributed by atoms with Gasteiger partial charge in [-0.15, -0.1) is 0 Å². The van der Waals surface area contributed by atoms with E-state index in [1.165, 1.54) is 12.2 Å². The third kappa shape index (κ3) is 4.14. The van der Waals surface area contributed by atoms with Gasteiger partial charge in [-0.05, 0) is 47.5 Å². The van der Waals surface area contributed by atoms with E-state index in [2.05, 4.69) is 0 Å². The van der Waals surface area contributed by atoms with E-state index >= 15 is 0 Å². The van der Waals surface area contributed by atoms with Crippen LogP contribution in [0.2, 0.25) is 0 Å². The molecule has 0 bridgehead atoms.